The summed E-state index contributed by atoms with van der Waals surface area (Å²) < 4.78 is 1.77. The van der Waals surface area contributed by atoms with Crippen LogP contribution in [0, 0.1) is 0 Å². The number of hydrogen-bond donors (Lipinski definition) is 0. The smallest absolute Gasteiger partial charge is 0.257 e. The van der Waals surface area contributed by atoms with E-state index in [1.807, 2.05) is 7.05 Å². The van der Waals surface area contributed by atoms with Gasteiger partial charge in [-0.1, -0.05) is 11.8 Å². The molecule has 1 aliphatic heterocycles. The van der Waals surface area contributed by atoms with Crippen molar-refractivity contribution in [2.24, 2.45) is 7.05 Å². The summed E-state index contributed by atoms with van der Waals surface area (Å²) in [6.45, 7) is 0. The minimum Gasteiger partial charge on any atom is -0.312 e. The Labute approximate surface area is 114 Å². The number of rotatable bonds is 3. The van der Waals surface area contributed by atoms with Gasteiger partial charge in [-0.3, -0.25) is 14.5 Å². The van der Waals surface area contributed by atoms with Gasteiger partial charge in [-0.25, -0.2) is 0 Å². The number of carbonyl (C=O) groups excluding carboxylic acids is 2. The van der Waals surface area contributed by atoms with Gasteiger partial charge in [0, 0.05) is 18.2 Å². The lowest BCUT2D eigenvalue weighted by Gasteiger charge is -2.13. The van der Waals surface area contributed by atoms with Gasteiger partial charge in [0.15, 0.2) is 5.16 Å². The van der Waals surface area contributed by atoms with Gasteiger partial charge in [0.2, 0.25) is 0 Å². The van der Waals surface area contributed by atoms with E-state index in [0.717, 1.165) is 36.8 Å². The van der Waals surface area contributed by atoms with Crippen LogP contribution in [0.15, 0.2) is 22.6 Å². The van der Waals surface area contributed by atoms with Crippen molar-refractivity contribution in [1.29, 1.82) is 0 Å². The van der Waals surface area contributed by atoms with Crippen LogP contribution in [0.2, 0.25) is 0 Å². The van der Waals surface area contributed by atoms with Gasteiger partial charge in [-0.05, 0) is 25.7 Å². The van der Waals surface area contributed by atoms with Crippen molar-refractivity contribution in [2.45, 2.75) is 30.8 Å². The normalized spacial score (nSPS) is 19.3. The predicted octanol–water partition coefficient (Wildman–Crippen LogP) is 1.10. The molecular formula is C12H14N4O2S. The Bertz CT molecular complexity index is 550. The van der Waals surface area contributed by atoms with E-state index in [4.69, 9.17) is 0 Å². The standard InChI is InChI=1S/C12H14N4O2S/c1-15-6-13-14-12(15)19-7-16-10(17)8-4-2-3-5-9(8)11(16)18/h6H,2-5,7H2,1H3. The van der Waals surface area contributed by atoms with E-state index in [9.17, 15) is 9.59 Å². The summed E-state index contributed by atoms with van der Waals surface area (Å²) in [7, 11) is 1.83. The van der Waals surface area contributed by atoms with E-state index in [-0.39, 0.29) is 11.8 Å². The first kappa shape index (κ1) is 12.4. The highest BCUT2D eigenvalue weighted by Crippen LogP contribution is 2.34. The minimum absolute atomic E-state index is 0.116. The van der Waals surface area contributed by atoms with E-state index in [0.29, 0.717) is 11.0 Å². The summed E-state index contributed by atoms with van der Waals surface area (Å²) in [5.41, 5.74) is 1.46. The highest BCUT2D eigenvalue weighted by atomic mass is 32.2. The summed E-state index contributed by atoms with van der Waals surface area (Å²) in [4.78, 5) is 25.7. The Kier molecular flexibility index (Phi) is 3.14. The van der Waals surface area contributed by atoms with Crippen LogP contribution < -0.4 is 0 Å². The molecule has 3 rings (SSSR count). The molecule has 0 radical (unpaired) electrons. The fraction of sp³-hybridized carbons (Fsp3) is 0.500. The minimum atomic E-state index is -0.116. The van der Waals surface area contributed by atoms with Crippen LogP contribution in [-0.2, 0) is 16.6 Å². The van der Waals surface area contributed by atoms with E-state index in [2.05, 4.69) is 10.2 Å². The second-order valence-corrected chi connectivity index (χ2v) is 5.61. The molecule has 0 atom stereocenters. The maximum atomic E-state index is 12.2. The molecule has 0 fully saturated rings. The zero-order chi connectivity index (χ0) is 13.4. The first-order chi connectivity index (χ1) is 9.18. The predicted molar refractivity (Wildman–Crippen MR) is 69.1 cm³/mol. The molecule has 2 aliphatic rings. The zero-order valence-corrected chi connectivity index (χ0v) is 11.4. The van der Waals surface area contributed by atoms with Gasteiger partial charge in [0.05, 0.1) is 5.88 Å². The van der Waals surface area contributed by atoms with E-state index in [1.165, 1.54) is 16.7 Å². The molecule has 0 spiro atoms. The maximum absolute atomic E-state index is 12.2. The molecule has 19 heavy (non-hydrogen) atoms. The lowest BCUT2D eigenvalue weighted by atomic mass is 9.93. The summed E-state index contributed by atoms with van der Waals surface area (Å²) in [6.07, 6.45) is 5.08. The molecule has 100 valence electrons. The monoisotopic (exact) mass is 278 g/mol. The van der Waals surface area contributed by atoms with Crippen LogP contribution >= 0.6 is 11.8 Å². The van der Waals surface area contributed by atoms with E-state index >= 15 is 0 Å². The third-order valence-electron chi connectivity index (χ3n) is 3.47. The molecule has 1 aliphatic carbocycles. The van der Waals surface area contributed by atoms with Crippen LogP contribution in [0.4, 0.5) is 0 Å². The quantitative estimate of drug-likeness (QED) is 0.612. The average molecular weight is 278 g/mol. The number of carbonyl (C=O) groups is 2. The highest BCUT2D eigenvalue weighted by molar-refractivity contribution is 7.99. The Morgan fingerprint density at radius 3 is 2.37 bits per heavy atom. The first-order valence-corrected chi connectivity index (χ1v) is 7.22. The number of aryl methyl sites for hydroxylation is 1. The van der Waals surface area contributed by atoms with Gasteiger partial charge in [0.25, 0.3) is 11.8 Å². The molecule has 6 nitrogen and oxygen atoms in total. The van der Waals surface area contributed by atoms with Crippen molar-refractivity contribution in [2.75, 3.05) is 5.88 Å². The van der Waals surface area contributed by atoms with E-state index < -0.39 is 0 Å². The number of aromatic nitrogens is 3. The van der Waals surface area contributed by atoms with Crippen molar-refractivity contribution >= 4 is 23.6 Å². The molecule has 0 unspecified atom stereocenters. The molecule has 1 aromatic rings. The van der Waals surface area contributed by atoms with Gasteiger partial charge < -0.3 is 4.57 Å². The van der Waals surface area contributed by atoms with Crippen molar-refractivity contribution in [3.63, 3.8) is 0 Å². The molecule has 7 heteroatoms. The van der Waals surface area contributed by atoms with Crippen LogP contribution in [0.25, 0.3) is 0 Å². The van der Waals surface area contributed by atoms with Gasteiger partial charge in [-0.2, -0.15) is 0 Å². The number of nitrogens with zero attached hydrogens (tertiary/aromatic N) is 4. The number of hydrogen-bond acceptors (Lipinski definition) is 5. The second kappa shape index (κ2) is 4.80. The molecule has 2 heterocycles. The van der Waals surface area contributed by atoms with Crippen LogP contribution in [0.3, 0.4) is 0 Å². The fourth-order valence-corrected chi connectivity index (χ4v) is 3.27. The number of thioether (sulfide) groups is 1. The molecule has 0 saturated heterocycles. The van der Waals surface area contributed by atoms with Crippen molar-refractivity contribution in [3.05, 3.63) is 17.5 Å². The van der Waals surface area contributed by atoms with Crippen LogP contribution in [0.5, 0.6) is 0 Å². The Morgan fingerprint density at radius 2 is 1.84 bits per heavy atom. The second-order valence-electron chi connectivity index (χ2n) is 4.70. The average Bonchev–Trinajstić information content (AvgIpc) is 2.93. The van der Waals surface area contributed by atoms with Crippen molar-refractivity contribution < 1.29 is 9.59 Å². The molecule has 0 bridgehead atoms. The zero-order valence-electron chi connectivity index (χ0n) is 10.6. The summed E-state index contributed by atoms with van der Waals surface area (Å²) in [6, 6.07) is 0. The lowest BCUT2D eigenvalue weighted by molar-refractivity contribution is -0.136. The topological polar surface area (TPSA) is 68.1 Å². The molecule has 1 aromatic heterocycles. The first-order valence-electron chi connectivity index (χ1n) is 6.23. The van der Waals surface area contributed by atoms with Gasteiger partial charge >= 0.3 is 0 Å². The molecular weight excluding hydrogens is 264 g/mol. The SMILES string of the molecule is Cn1cnnc1SCN1C(=O)C2=C(CCCC2)C1=O. The lowest BCUT2D eigenvalue weighted by Crippen LogP contribution is -2.31. The molecule has 2 amide bonds. The molecule has 0 aromatic carbocycles. The summed E-state index contributed by atoms with van der Waals surface area (Å²) in [5, 5.41) is 8.40. The van der Waals surface area contributed by atoms with Crippen molar-refractivity contribution in [1.82, 2.24) is 19.7 Å². The molecule has 0 saturated carbocycles. The fourth-order valence-electron chi connectivity index (χ4n) is 2.44. The Hall–Kier alpha value is -1.63. The van der Waals surface area contributed by atoms with Gasteiger partial charge in [-0.15, -0.1) is 10.2 Å². The Morgan fingerprint density at radius 1 is 1.21 bits per heavy atom. The van der Waals surface area contributed by atoms with E-state index in [1.54, 1.807) is 10.9 Å². The third kappa shape index (κ3) is 2.07. The number of amides is 2. The Balaban J connectivity index is 1.72. The summed E-state index contributed by atoms with van der Waals surface area (Å²) >= 11 is 1.35. The summed E-state index contributed by atoms with van der Waals surface area (Å²) in [5.74, 6) is 0.0701. The van der Waals surface area contributed by atoms with Crippen LogP contribution in [0.1, 0.15) is 25.7 Å². The highest BCUT2D eigenvalue weighted by Gasteiger charge is 2.38. The number of imide groups is 1. The van der Waals surface area contributed by atoms with Crippen LogP contribution in [-0.4, -0.2) is 37.4 Å². The van der Waals surface area contributed by atoms with Crippen molar-refractivity contribution in [3.8, 4) is 0 Å². The third-order valence-corrected chi connectivity index (χ3v) is 4.48. The largest absolute Gasteiger partial charge is 0.312 e. The molecule has 0 N–H and O–H groups in total. The maximum Gasteiger partial charge on any atom is 0.257 e. The van der Waals surface area contributed by atoms with Gasteiger partial charge in [0.1, 0.15) is 6.33 Å².